The molecule has 2 aromatic carbocycles. The van der Waals surface area contributed by atoms with Crippen molar-refractivity contribution in [2.75, 3.05) is 20.8 Å². The minimum absolute atomic E-state index is 0. The van der Waals surface area contributed by atoms with Gasteiger partial charge in [-0.1, -0.05) is 36.0 Å². The van der Waals surface area contributed by atoms with Crippen LogP contribution < -0.4 is 60.9 Å². The first-order chi connectivity index (χ1) is 13.5. The minimum atomic E-state index is -0.455. The summed E-state index contributed by atoms with van der Waals surface area (Å²) >= 11 is 0.946. The average Bonchev–Trinajstić information content (AvgIpc) is 3.05. The minimum Gasteiger partial charge on any atom is -0.585 e. The summed E-state index contributed by atoms with van der Waals surface area (Å²) in [4.78, 5) is 34.9. The van der Waals surface area contributed by atoms with Gasteiger partial charge in [0, 0.05) is 12.7 Å². The van der Waals surface area contributed by atoms with Crippen LogP contribution in [0.5, 0.6) is 11.5 Å². The van der Waals surface area contributed by atoms with Gasteiger partial charge in [0.15, 0.2) is 12.4 Å². The van der Waals surface area contributed by atoms with Gasteiger partial charge in [-0.05, 0) is 36.2 Å². The Bertz CT molecular complexity index is 843. The van der Waals surface area contributed by atoms with Crippen LogP contribution in [0.1, 0.15) is 15.9 Å². The number of ether oxygens (including phenoxy) is 2. The maximum Gasteiger partial charge on any atom is 1.00 e. The van der Waals surface area contributed by atoms with E-state index in [0.29, 0.717) is 23.5 Å². The molecule has 1 saturated heterocycles. The molecule has 0 spiro atoms. The fraction of sp³-hybridized carbons (Fsp3) is 0.250. The molecule has 2 amide bonds. The summed E-state index contributed by atoms with van der Waals surface area (Å²) in [5.74, 6) is 0.631. The SMILES string of the molecule is CO.COc1cccc(C(=O)COc2ccc(CC3SC(=O)[N-]C3=O)cc2)c1.[K+]. The van der Waals surface area contributed by atoms with Crippen molar-refractivity contribution in [3.8, 4) is 11.5 Å². The average molecular weight is 442 g/mol. The van der Waals surface area contributed by atoms with Crippen molar-refractivity contribution in [1.29, 1.82) is 0 Å². The summed E-state index contributed by atoms with van der Waals surface area (Å²) in [6.45, 7) is -0.0864. The number of Topliss-reactive ketones (excluding diaryl/α,β-unsaturated/α-hetero) is 1. The van der Waals surface area contributed by atoms with E-state index in [1.807, 2.05) is 12.1 Å². The summed E-state index contributed by atoms with van der Waals surface area (Å²) in [7, 11) is 2.54. The molecule has 1 aliphatic rings. The Morgan fingerprint density at radius 2 is 1.79 bits per heavy atom. The monoisotopic (exact) mass is 441 g/mol. The van der Waals surface area contributed by atoms with E-state index in [4.69, 9.17) is 14.6 Å². The second-order valence-corrected chi connectivity index (χ2v) is 6.77. The number of rotatable bonds is 7. The van der Waals surface area contributed by atoms with Crippen LogP contribution in [-0.2, 0) is 11.2 Å². The first kappa shape index (κ1) is 25.8. The second-order valence-electron chi connectivity index (χ2n) is 5.61. The quantitative estimate of drug-likeness (QED) is 0.485. The topological polar surface area (TPSA) is 104 Å². The van der Waals surface area contributed by atoms with Crippen molar-refractivity contribution in [2.24, 2.45) is 0 Å². The number of methoxy groups -OCH3 is 1. The number of aliphatic hydroxyl groups excluding tert-OH is 1. The number of thioether (sulfide) groups is 1. The molecular weight excluding hydrogens is 421 g/mol. The number of hydrogen-bond donors (Lipinski definition) is 1. The number of amides is 2. The summed E-state index contributed by atoms with van der Waals surface area (Å²) < 4.78 is 10.6. The van der Waals surface area contributed by atoms with E-state index in [-0.39, 0.29) is 69.7 Å². The Morgan fingerprint density at radius 1 is 1.10 bits per heavy atom. The van der Waals surface area contributed by atoms with Gasteiger partial charge in [-0.25, -0.2) is 0 Å². The summed E-state index contributed by atoms with van der Waals surface area (Å²) in [5.41, 5.74) is 1.42. The van der Waals surface area contributed by atoms with Gasteiger partial charge in [-0.2, -0.15) is 0 Å². The standard InChI is InChI=1S/C19H17NO5S.CH4O.K/c1-24-15-4-2-3-13(10-15)16(21)11-25-14-7-5-12(6-8-14)9-17-18(22)20-19(23)26-17;1-2;/h2-8,10,17H,9,11H2,1H3,(H,20,22,23);2H,1H3;/q;;+1/p-1. The Hall–Kier alpha value is -1.20. The smallest absolute Gasteiger partial charge is 0.585 e. The van der Waals surface area contributed by atoms with Crippen LogP contribution in [0.25, 0.3) is 5.32 Å². The van der Waals surface area contributed by atoms with Crippen LogP contribution in [-0.4, -0.2) is 48.1 Å². The van der Waals surface area contributed by atoms with E-state index in [9.17, 15) is 14.4 Å². The molecule has 0 saturated carbocycles. The molecule has 148 valence electrons. The van der Waals surface area contributed by atoms with Gasteiger partial charge in [-0.3, -0.25) is 4.79 Å². The van der Waals surface area contributed by atoms with Crippen LogP contribution in [0.3, 0.4) is 0 Å². The second kappa shape index (κ2) is 13.2. The molecule has 0 bridgehead atoms. The van der Waals surface area contributed by atoms with Crippen molar-refractivity contribution in [3.05, 3.63) is 65.0 Å². The molecule has 29 heavy (non-hydrogen) atoms. The molecule has 7 nitrogen and oxygen atoms in total. The van der Waals surface area contributed by atoms with Gasteiger partial charge in [0.25, 0.3) is 0 Å². The van der Waals surface area contributed by atoms with Gasteiger partial charge in [-0.15, -0.1) is 0 Å². The van der Waals surface area contributed by atoms with Crippen molar-refractivity contribution in [1.82, 2.24) is 0 Å². The van der Waals surface area contributed by atoms with Crippen molar-refractivity contribution < 1.29 is 80.3 Å². The first-order valence-electron chi connectivity index (χ1n) is 8.35. The molecule has 9 heteroatoms. The molecule has 1 aliphatic heterocycles. The third-order valence-corrected chi connectivity index (χ3v) is 4.77. The van der Waals surface area contributed by atoms with Crippen LogP contribution in [0.4, 0.5) is 4.79 Å². The van der Waals surface area contributed by atoms with Crippen molar-refractivity contribution in [3.63, 3.8) is 0 Å². The molecule has 0 aromatic heterocycles. The van der Waals surface area contributed by atoms with Crippen molar-refractivity contribution in [2.45, 2.75) is 11.7 Å². The van der Waals surface area contributed by atoms with Crippen molar-refractivity contribution >= 4 is 28.7 Å². The van der Waals surface area contributed by atoms with Gasteiger partial charge in [0.05, 0.1) is 18.3 Å². The molecule has 1 atom stereocenters. The van der Waals surface area contributed by atoms with Crippen LogP contribution in [0.15, 0.2) is 48.5 Å². The molecule has 1 N–H and O–H groups in total. The number of carbonyl (C=O) groups is 3. The molecule has 1 fully saturated rings. The van der Waals surface area contributed by atoms with Crippen LogP contribution in [0, 0.1) is 0 Å². The third kappa shape index (κ3) is 7.86. The molecule has 3 rings (SSSR count). The Balaban J connectivity index is 0.00000136. The summed E-state index contributed by atoms with van der Waals surface area (Å²) in [6.07, 6.45) is 0.432. The number of hydrogen-bond acceptors (Lipinski definition) is 7. The number of nitrogens with zero attached hydrogens (tertiary/aromatic N) is 1. The first-order valence-corrected chi connectivity index (χ1v) is 9.23. The van der Waals surface area contributed by atoms with Gasteiger partial charge < -0.3 is 29.5 Å². The zero-order valence-corrected chi connectivity index (χ0v) is 20.4. The van der Waals surface area contributed by atoms with Crippen LogP contribution >= 0.6 is 11.8 Å². The molecule has 1 unspecified atom stereocenters. The van der Waals surface area contributed by atoms with E-state index < -0.39 is 10.5 Å². The van der Waals surface area contributed by atoms with Gasteiger partial charge >= 0.3 is 51.4 Å². The number of aliphatic hydroxyl groups is 1. The molecule has 1 heterocycles. The Kier molecular flexibility index (Phi) is 11.7. The predicted molar refractivity (Wildman–Crippen MR) is 106 cm³/mol. The van der Waals surface area contributed by atoms with E-state index in [1.165, 1.54) is 0 Å². The number of carbonyl (C=O) groups excluding carboxylic acids is 3. The zero-order valence-electron chi connectivity index (χ0n) is 16.5. The largest absolute Gasteiger partial charge is 1.00 e. The number of benzene rings is 2. The van der Waals surface area contributed by atoms with E-state index in [1.54, 1.807) is 43.5 Å². The number of ketones is 1. The fourth-order valence-corrected chi connectivity index (χ4v) is 3.27. The summed E-state index contributed by atoms with van der Waals surface area (Å²) in [6, 6.07) is 14.0. The maximum absolute atomic E-state index is 12.2. The zero-order chi connectivity index (χ0) is 20.5. The molecule has 0 aliphatic carbocycles. The summed E-state index contributed by atoms with van der Waals surface area (Å²) in [5, 5.41) is 9.50. The van der Waals surface area contributed by atoms with E-state index >= 15 is 0 Å². The normalized spacial score (nSPS) is 14.8. The van der Waals surface area contributed by atoms with E-state index in [0.717, 1.165) is 24.4 Å². The predicted octanol–water partition coefficient (Wildman–Crippen LogP) is 0.248. The Morgan fingerprint density at radius 3 is 2.38 bits per heavy atom. The van der Waals surface area contributed by atoms with Gasteiger partial charge in [0.1, 0.15) is 16.7 Å². The molecule has 2 aromatic rings. The van der Waals surface area contributed by atoms with Crippen LogP contribution in [0.2, 0.25) is 0 Å². The Labute approximate surface area is 216 Å². The third-order valence-electron chi connectivity index (χ3n) is 3.83. The fourth-order valence-electron chi connectivity index (χ4n) is 2.45. The van der Waals surface area contributed by atoms with Gasteiger partial charge in [0.2, 0.25) is 0 Å². The van der Waals surface area contributed by atoms with E-state index in [2.05, 4.69) is 5.32 Å². The maximum atomic E-state index is 12.2. The molecular formula is C20H20KNO6S. The molecule has 0 radical (unpaired) electrons. The number of imide groups is 1.